The van der Waals surface area contributed by atoms with Crippen molar-refractivity contribution in [3.63, 3.8) is 0 Å². The monoisotopic (exact) mass is 798 g/mol. The van der Waals surface area contributed by atoms with Crippen molar-refractivity contribution in [2.45, 2.75) is 42.4 Å². The number of fused-ring (bicyclic) bond motifs is 1. The Morgan fingerprint density at radius 2 is 1.58 bits per heavy atom. The number of carbonyl (C=O) groups is 1. The summed E-state index contributed by atoms with van der Waals surface area (Å²) in [6.45, 7) is 2.88. The van der Waals surface area contributed by atoms with Gasteiger partial charge in [-0.1, -0.05) is 13.0 Å². The topological polar surface area (TPSA) is 307 Å². The quantitative estimate of drug-likeness (QED) is 0.0328. The lowest BCUT2D eigenvalue weighted by Crippen LogP contribution is -2.31. The van der Waals surface area contributed by atoms with Crippen molar-refractivity contribution >= 4 is 56.9 Å². The minimum atomic E-state index is -5.21. The predicted molar refractivity (Wildman–Crippen MR) is 181 cm³/mol. The number of nitrogens with one attached hydrogen (secondary N) is 5. The van der Waals surface area contributed by atoms with Gasteiger partial charge in [0.15, 0.2) is 23.4 Å². The summed E-state index contributed by atoms with van der Waals surface area (Å²) in [7, 11) is -9.80. The van der Waals surface area contributed by atoms with Crippen LogP contribution < -0.4 is 36.3 Å². The molecule has 0 fully saturated rings. The summed E-state index contributed by atoms with van der Waals surface area (Å²) in [5.74, 6) is -5.67. The fraction of sp³-hybridized carbons (Fsp3) is 0.357. The van der Waals surface area contributed by atoms with Crippen LogP contribution in [0.25, 0.3) is 10.1 Å². The molecule has 1 heterocycles. The zero-order chi connectivity index (χ0) is 39.4. The number of carboxylic acids is 1. The van der Waals surface area contributed by atoms with E-state index in [2.05, 4.69) is 10.6 Å². The molecule has 0 aliphatic rings. The first-order chi connectivity index (χ1) is 24.1. The van der Waals surface area contributed by atoms with Crippen molar-refractivity contribution in [1.82, 2.24) is 15.4 Å². The second-order valence-electron chi connectivity index (χ2n) is 10.4. The Labute approximate surface area is 298 Å². The molecule has 0 saturated carbocycles. The number of carboxylic acid groups (broad SMARTS) is 1. The summed E-state index contributed by atoms with van der Waals surface area (Å²) in [4.78, 5) is 28.9. The highest BCUT2D eigenvalue weighted by Gasteiger charge is 2.38. The SMILES string of the molecule is CCc1c(S(=O)(=O)NC(c2ccc(C#N)c(F)c2)P(=O)(O)O)sc2cc(OCCCNC(=N)N)c(OCCCNC(=N)N)cc12.O=C(O)C(F)(F)F. The van der Waals surface area contributed by atoms with Crippen LogP contribution in [0.2, 0.25) is 0 Å². The highest BCUT2D eigenvalue weighted by Crippen LogP contribution is 2.51. The molecule has 0 amide bonds. The number of halogens is 4. The largest absolute Gasteiger partial charge is 0.490 e. The molecular weight excluding hydrogens is 763 g/mol. The number of thiophene rings is 1. The fourth-order valence-electron chi connectivity index (χ4n) is 4.19. The van der Waals surface area contributed by atoms with Gasteiger partial charge in [-0.15, -0.1) is 11.3 Å². The van der Waals surface area contributed by atoms with Gasteiger partial charge in [0.2, 0.25) is 0 Å². The summed E-state index contributed by atoms with van der Waals surface area (Å²) in [5, 5.41) is 36.5. The number of hydrogen-bond donors (Lipinski definition) is 10. The van der Waals surface area contributed by atoms with Crippen LogP contribution in [0, 0.1) is 28.0 Å². The van der Waals surface area contributed by atoms with Gasteiger partial charge in [0.25, 0.3) is 10.0 Å². The normalized spacial score (nSPS) is 12.2. The number of nitriles is 1. The minimum Gasteiger partial charge on any atom is -0.490 e. The summed E-state index contributed by atoms with van der Waals surface area (Å²) in [6.07, 6.45) is -3.90. The Kier molecular flexibility index (Phi) is 15.6. The van der Waals surface area contributed by atoms with E-state index in [0.717, 1.165) is 23.5 Å². The van der Waals surface area contributed by atoms with E-state index >= 15 is 0 Å². The zero-order valence-electron chi connectivity index (χ0n) is 27.1. The van der Waals surface area contributed by atoms with Gasteiger partial charge >= 0.3 is 19.7 Å². The molecule has 0 aliphatic heterocycles. The van der Waals surface area contributed by atoms with Crippen molar-refractivity contribution in [3.05, 3.63) is 52.8 Å². The second kappa shape index (κ2) is 18.7. The number of nitrogens with two attached hydrogens (primary N) is 2. The van der Waals surface area contributed by atoms with Gasteiger partial charge in [-0.05, 0) is 48.6 Å². The summed E-state index contributed by atoms with van der Waals surface area (Å²) < 4.78 is 100.0. The van der Waals surface area contributed by atoms with Crippen molar-refractivity contribution < 1.29 is 59.7 Å². The number of nitrogens with zero attached hydrogens (tertiary/aromatic N) is 1. The van der Waals surface area contributed by atoms with Crippen LogP contribution in [0.3, 0.4) is 0 Å². The van der Waals surface area contributed by atoms with Crippen molar-refractivity contribution in [2.24, 2.45) is 11.5 Å². The third-order valence-electron chi connectivity index (χ3n) is 6.48. The maximum absolute atomic E-state index is 14.3. The summed E-state index contributed by atoms with van der Waals surface area (Å²) in [6, 6.07) is 7.63. The standard InChI is InChI=1S/C26H34FN8O7PS2.C2HF3O2/c1-2-17-18-12-20(41-9-3-7-33-25(29)30)21(42-10-4-8-34-26(31)32)13-22(18)44-24(17)45(39,40)35-23(43(36,37)38)15-5-6-16(14-28)19(27)11-15;3-2(4,5)1(6)7/h5-6,11-13,23,35H,2-4,7-10H2,1H3,(H4,29,30,33)(H4,31,32,34)(H2,36,37,38);(H,6,7). The molecule has 0 saturated heterocycles. The van der Waals surface area contributed by atoms with Crippen LogP contribution in [0.4, 0.5) is 17.6 Å². The van der Waals surface area contributed by atoms with Gasteiger partial charge in [-0.2, -0.15) is 23.2 Å². The molecular formula is C28H35F4N8O9PS2. The van der Waals surface area contributed by atoms with Crippen molar-refractivity contribution in [3.8, 4) is 17.6 Å². The van der Waals surface area contributed by atoms with Gasteiger partial charge in [0.05, 0.1) is 18.8 Å². The fourth-order valence-corrected chi connectivity index (χ4v) is 8.71. The number of benzene rings is 2. The lowest BCUT2D eigenvalue weighted by Gasteiger charge is -2.20. The molecule has 2 aromatic carbocycles. The third-order valence-corrected chi connectivity index (χ3v) is 10.9. The van der Waals surface area contributed by atoms with Crippen LogP contribution >= 0.6 is 18.9 Å². The lowest BCUT2D eigenvalue weighted by molar-refractivity contribution is -0.192. The van der Waals surface area contributed by atoms with Crippen molar-refractivity contribution in [1.29, 1.82) is 16.1 Å². The lowest BCUT2D eigenvalue weighted by atomic mass is 10.1. The molecule has 12 N–H and O–H groups in total. The molecule has 1 unspecified atom stereocenters. The van der Waals surface area contributed by atoms with Crippen LogP contribution in [0.5, 0.6) is 11.5 Å². The van der Waals surface area contributed by atoms with Gasteiger partial charge in [-0.3, -0.25) is 15.4 Å². The van der Waals surface area contributed by atoms with Crippen LogP contribution in [0.15, 0.2) is 34.5 Å². The van der Waals surface area contributed by atoms with E-state index in [4.69, 9.17) is 46.9 Å². The molecule has 24 heteroatoms. The Morgan fingerprint density at radius 3 is 2.00 bits per heavy atom. The van der Waals surface area contributed by atoms with E-state index in [-0.39, 0.29) is 46.9 Å². The van der Waals surface area contributed by atoms with Crippen LogP contribution in [-0.4, -0.2) is 73.7 Å². The van der Waals surface area contributed by atoms with Crippen molar-refractivity contribution in [2.75, 3.05) is 26.3 Å². The Morgan fingerprint density at radius 1 is 1.06 bits per heavy atom. The number of guanidine groups is 2. The summed E-state index contributed by atoms with van der Waals surface area (Å²) in [5.41, 5.74) is 10.2. The van der Waals surface area contributed by atoms with E-state index in [1.54, 1.807) is 25.1 Å². The number of rotatable bonds is 16. The van der Waals surface area contributed by atoms with Gasteiger partial charge in [-0.25, -0.2) is 17.6 Å². The molecule has 0 radical (unpaired) electrons. The Hall–Kier alpha value is -4.72. The Bertz CT molecular complexity index is 1970. The molecule has 0 spiro atoms. The maximum atomic E-state index is 14.3. The highest BCUT2D eigenvalue weighted by molar-refractivity contribution is 7.92. The highest BCUT2D eigenvalue weighted by atomic mass is 32.2. The molecule has 52 heavy (non-hydrogen) atoms. The third kappa shape index (κ3) is 12.8. The number of aryl methyl sites for hydroxylation is 1. The molecule has 17 nitrogen and oxygen atoms in total. The molecule has 0 aliphatic carbocycles. The summed E-state index contributed by atoms with van der Waals surface area (Å²) >= 11 is 0.858. The Balaban J connectivity index is 0.00000121. The van der Waals surface area contributed by atoms with E-state index in [9.17, 15) is 40.3 Å². The molecule has 1 aromatic heterocycles. The van der Waals surface area contributed by atoms with Gasteiger partial charge in [0, 0.05) is 29.2 Å². The minimum absolute atomic E-state index is 0.182. The average molecular weight is 799 g/mol. The van der Waals surface area contributed by atoms with E-state index in [0.29, 0.717) is 59.1 Å². The number of hydrogen-bond acceptors (Lipinski definition) is 10. The molecule has 3 rings (SSSR count). The van der Waals surface area contributed by atoms with Crippen LogP contribution in [-0.2, 0) is 25.8 Å². The average Bonchev–Trinajstić information content (AvgIpc) is 3.40. The van der Waals surface area contributed by atoms with Gasteiger partial charge < -0.3 is 46.5 Å². The van der Waals surface area contributed by atoms with E-state index in [1.165, 1.54) is 0 Å². The number of aliphatic carboxylic acids is 1. The smallest absolute Gasteiger partial charge is 0.490 e. The second-order valence-corrected chi connectivity index (χ2v) is 15.0. The molecule has 0 bridgehead atoms. The number of sulfonamides is 1. The van der Waals surface area contributed by atoms with Gasteiger partial charge in [0.1, 0.15) is 21.9 Å². The predicted octanol–water partition coefficient (Wildman–Crippen LogP) is 2.77. The first-order valence-electron chi connectivity index (χ1n) is 14.7. The molecule has 1 atom stereocenters. The first-order valence-corrected chi connectivity index (χ1v) is 18.7. The first kappa shape index (κ1) is 43.4. The van der Waals surface area contributed by atoms with E-state index < -0.39 is 41.4 Å². The number of ether oxygens (including phenoxy) is 2. The molecule has 3 aromatic rings. The number of alkyl halides is 3. The van der Waals surface area contributed by atoms with Crippen LogP contribution in [0.1, 0.15) is 42.2 Å². The maximum Gasteiger partial charge on any atom is 0.490 e. The van der Waals surface area contributed by atoms with E-state index in [1.807, 2.05) is 4.72 Å². The molecule has 286 valence electrons. The zero-order valence-corrected chi connectivity index (χ0v) is 29.6.